The van der Waals surface area contributed by atoms with Crippen molar-refractivity contribution in [3.63, 3.8) is 0 Å². The topological polar surface area (TPSA) is 64.5 Å². The Hall–Kier alpha value is -4.38. The van der Waals surface area contributed by atoms with E-state index < -0.39 is 0 Å². The van der Waals surface area contributed by atoms with E-state index in [1.807, 2.05) is 42.5 Å². The number of ether oxygens (including phenoxy) is 2. The molecule has 1 heterocycles. The van der Waals surface area contributed by atoms with Gasteiger partial charge in [-0.15, -0.1) is 0 Å². The highest BCUT2D eigenvalue weighted by Gasteiger charge is 2.11. The second-order valence-electron chi connectivity index (χ2n) is 7.65. The Morgan fingerprint density at radius 2 is 1.15 bits per heavy atom. The molecule has 0 bridgehead atoms. The molecule has 5 rings (SSSR count). The lowest BCUT2D eigenvalue weighted by Gasteiger charge is -2.11. The molecule has 0 amide bonds. The van der Waals surface area contributed by atoms with Crippen LogP contribution in [-0.4, -0.2) is 29.3 Å². The number of methoxy groups -OCH3 is 2. The third kappa shape index (κ3) is 3.96. The van der Waals surface area contributed by atoms with Crippen LogP contribution in [0.15, 0.2) is 91.3 Å². The molecule has 0 saturated carbocycles. The smallest absolute Gasteiger partial charge is 0.161 e. The van der Waals surface area contributed by atoms with Gasteiger partial charge in [0.25, 0.3) is 0 Å². The second kappa shape index (κ2) is 8.63. The molecule has 0 spiro atoms. The minimum Gasteiger partial charge on any atom is -0.508 e. The maximum atomic E-state index is 9.53. The maximum absolute atomic E-state index is 9.53. The van der Waals surface area contributed by atoms with Gasteiger partial charge in [-0.05, 0) is 58.7 Å². The number of phenols is 1. The summed E-state index contributed by atoms with van der Waals surface area (Å²) in [6, 6.07) is 27.5. The Labute approximate surface area is 191 Å². The van der Waals surface area contributed by atoms with Crippen LogP contribution in [0.1, 0.15) is 0 Å². The summed E-state index contributed by atoms with van der Waals surface area (Å²) in [5.41, 5.74) is 6.94. The third-order valence-corrected chi connectivity index (χ3v) is 5.71. The van der Waals surface area contributed by atoms with E-state index in [9.17, 15) is 5.11 Å². The van der Waals surface area contributed by atoms with Gasteiger partial charge in [0.1, 0.15) is 12.1 Å². The minimum absolute atomic E-state index is 0.258. The summed E-state index contributed by atoms with van der Waals surface area (Å²) in [6.45, 7) is 0. The molecule has 0 radical (unpaired) electrons. The lowest BCUT2D eigenvalue weighted by atomic mass is 9.98. The van der Waals surface area contributed by atoms with E-state index in [1.54, 1.807) is 32.7 Å². The van der Waals surface area contributed by atoms with E-state index in [2.05, 4.69) is 40.3 Å². The molecule has 0 fully saturated rings. The van der Waals surface area contributed by atoms with Gasteiger partial charge < -0.3 is 14.6 Å². The average molecular weight is 434 g/mol. The van der Waals surface area contributed by atoms with Crippen LogP contribution in [0.3, 0.4) is 0 Å². The normalized spacial score (nSPS) is 10.8. The molecule has 0 aliphatic heterocycles. The molecule has 5 nitrogen and oxygen atoms in total. The van der Waals surface area contributed by atoms with Crippen molar-refractivity contribution in [2.24, 2.45) is 0 Å². The molecule has 1 aromatic heterocycles. The van der Waals surface area contributed by atoms with E-state index >= 15 is 0 Å². The Kier molecular flexibility index (Phi) is 5.37. The fraction of sp³-hybridized carbons (Fsp3) is 0.0714. The number of phenolic OH excluding ortho intramolecular Hbond substituents is 1. The van der Waals surface area contributed by atoms with E-state index in [0.29, 0.717) is 11.5 Å². The molecule has 5 aromatic rings. The quantitative estimate of drug-likeness (QED) is 0.349. The highest BCUT2D eigenvalue weighted by molar-refractivity contribution is 5.95. The summed E-state index contributed by atoms with van der Waals surface area (Å²) < 4.78 is 10.8. The predicted molar refractivity (Wildman–Crippen MR) is 131 cm³/mol. The number of fused-ring (bicyclic) bond motifs is 1. The van der Waals surface area contributed by atoms with Crippen LogP contribution in [0.2, 0.25) is 0 Å². The summed E-state index contributed by atoms with van der Waals surface area (Å²) >= 11 is 0. The van der Waals surface area contributed by atoms with Crippen molar-refractivity contribution >= 4 is 10.9 Å². The first kappa shape index (κ1) is 20.5. The molecular formula is C28H22N2O3. The van der Waals surface area contributed by atoms with Crippen molar-refractivity contribution in [1.82, 2.24) is 9.97 Å². The van der Waals surface area contributed by atoms with E-state index in [4.69, 9.17) is 9.47 Å². The van der Waals surface area contributed by atoms with Crippen molar-refractivity contribution in [1.29, 1.82) is 0 Å². The number of hydrogen-bond acceptors (Lipinski definition) is 5. The van der Waals surface area contributed by atoms with E-state index in [1.165, 1.54) is 0 Å². The number of benzene rings is 4. The van der Waals surface area contributed by atoms with Crippen LogP contribution in [-0.2, 0) is 0 Å². The summed E-state index contributed by atoms with van der Waals surface area (Å²) in [5.74, 6) is 1.64. The number of nitrogens with zero attached hydrogens (tertiary/aromatic N) is 2. The van der Waals surface area contributed by atoms with Gasteiger partial charge in [-0.3, -0.25) is 0 Å². The van der Waals surface area contributed by atoms with E-state index in [-0.39, 0.29) is 5.75 Å². The summed E-state index contributed by atoms with van der Waals surface area (Å²) in [4.78, 5) is 9.06. The zero-order valence-corrected chi connectivity index (χ0v) is 18.3. The lowest BCUT2D eigenvalue weighted by Crippen LogP contribution is -1.92. The van der Waals surface area contributed by atoms with Gasteiger partial charge in [0.15, 0.2) is 11.5 Å². The van der Waals surface area contributed by atoms with Gasteiger partial charge in [0, 0.05) is 10.9 Å². The molecule has 0 aliphatic rings. The average Bonchev–Trinajstić information content (AvgIpc) is 2.88. The van der Waals surface area contributed by atoms with Crippen molar-refractivity contribution in [2.45, 2.75) is 0 Å². The van der Waals surface area contributed by atoms with Gasteiger partial charge >= 0.3 is 0 Å². The molecular weight excluding hydrogens is 412 g/mol. The fourth-order valence-corrected chi connectivity index (χ4v) is 3.96. The molecule has 33 heavy (non-hydrogen) atoms. The number of hydrogen-bond donors (Lipinski definition) is 1. The van der Waals surface area contributed by atoms with Crippen molar-refractivity contribution in [2.75, 3.05) is 14.2 Å². The zero-order chi connectivity index (χ0) is 22.8. The first-order chi connectivity index (χ1) is 16.2. The van der Waals surface area contributed by atoms with Gasteiger partial charge in [-0.2, -0.15) is 0 Å². The molecule has 5 heteroatoms. The van der Waals surface area contributed by atoms with Gasteiger partial charge in [0.05, 0.1) is 25.4 Å². The number of rotatable bonds is 5. The molecule has 0 atom stereocenters. The SMILES string of the molecule is COc1ccc(-c2ccc3ncnc(-c4ccc(-c5ccc(O)cc5)cc4)c3c2)cc1OC. The number of aromatic hydroxyl groups is 1. The standard InChI is InChI=1S/C28H22N2O3/c1-32-26-14-10-22(16-27(26)33-2)21-9-13-25-24(15-21)28(30-17-29-25)20-5-3-18(4-6-20)19-7-11-23(31)12-8-19/h3-17,31H,1-2H3. The lowest BCUT2D eigenvalue weighted by molar-refractivity contribution is 0.355. The van der Waals surface area contributed by atoms with Crippen LogP contribution in [0.25, 0.3) is 44.4 Å². The van der Waals surface area contributed by atoms with Crippen molar-refractivity contribution in [3.05, 3.63) is 91.3 Å². The summed E-state index contributed by atoms with van der Waals surface area (Å²) in [7, 11) is 3.26. The first-order valence-electron chi connectivity index (χ1n) is 10.5. The Morgan fingerprint density at radius 1 is 0.576 bits per heavy atom. The van der Waals surface area contributed by atoms with E-state index in [0.717, 1.165) is 44.4 Å². The fourth-order valence-electron chi connectivity index (χ4n) is 3.96. The molecule has 1 N–H and O–H groups in total. The second-order valence-corrected chi connectivity index (χ2v) is 7.65. The number of aromatic nitrogens is 2. The van der Waals surface area contributed by atoms with Gasteiger partial charge in [-0.25, -0.2) is 9.97 Å². The molecule has 0 unspecified atom stereocenters. The first-order valence-corrected chi connectivity index (χ1v) is 10.5. The molecule has 4 aromatic carbocycles. The Morgan fingerprint density at radius 3 is 1.85 bits per heavy atom. The highest BCUT2D eigenvalue weighted by Crippen LogP contribution is 2.35. The largest absolute Gasteiger partial charge is 0.508 e. The van der Waals surface area contributed by atoms with Crippen molar-refractivity contribution in [3.8, 4) is 50.8 Å². The van der Waals surface area contributed by atoms with Crippen LogP contribution in [0, 0.1) is 0 Å². The highest BCUT2D eigenvalue weighted by atomic mass is 16.5. The van der Waals surface area contributed by atoms with Crippen molar-refractivity contribution < 1.29 is 14.6 Å². The third-order valence-electron chi connectivity index (χ3n) is 5.71. The van der Waals surface area contributed by atoms with Crippen LogP contribution in [0.5, 0.6) is 17.2 Å². The zero-order valence-electron chi connectivity index (χ0n) is 18.3. The van der Waals surface area contributed by atoms with Crippen LogP contribution >= 0.6 is 0 Å². The summed E-state index contributed by atoms with van der Waals surface area (Å²) in [5, 5.41) is 10.5. The minimum atomic E-state index is 0.258. The Balaban J connectivity index is 1.56. The Bertz CT molecular complexity index is 1430. The van der Waals surface area contributed by atoms with Crippen LogP contribution in [0.4, 0.5) is 0 Å². The van der Waals surface area contributed by atoms with Crippen LogP contribution < -0.4 is 9.47 Å². The molecule has 162 valence electrons. The summed E-state index contributed by atoms with van der Waals surface area (Å²) in [6.07, 6.45) is 1.60. The van der Waals surface area contributed by atoms with Gasteiger partial charge in [0.2, 0.25) is 0 Å². The molecule has 0 saturated heterocycles. The predicted octanol–water partition coefficient (Wildman–Crippen LogP) is 6.35. The maximum Gasteiger partial charge on any atom is 0.161 e. The molecule has 0 aliphatic carbocycles. The van der Waals surface area contributed by atoms with Gasteiger partial charge in [-0.1, -0.05) is 48.5 Å². The monoisotopic (exact) mass is 434 g/mol.